The van der Waals surface area contributed by atoms with Gasteiger partial charge in [-0.2, -0.15) is 28.2 Å². The first-order chi connectivity index (χ1) is 23.3. The maximum Gasteiger partial charge on any atom is 0.429 e. The topological polar surface area (TPSA) is 169 Å². The number of nitrogen functional groups attached to an aromatic ring is 1. The molecule has 2 saturated heterocycles. The number of aryl methyl sites for hydroxylation is 1. The molecule has 4 heterocycles. The number of aromatic nitrogens is 4. The first-order valence-corrected chi connectivity index (χ1v) is 15.6. The largest absolute Gasteiger partial charge is 0.480 e. The van der Waals surface area contributed by atoms with Crippen molar-refractivity contribution in [2.24, 2.45) is 5.41 Å². The van der Waals surface area contributed by atoms with Crippen LogP contribution < -0.4 is 20.7 Å². The number of hydrogen-bond donors (Lipinski definition) is 4. The Bertz CT molecular complexity index is 1890. The number of nitrogens with two attached hydrogens (primary N) is 1. The summed E-state index contributed by atoms with van der Waals surface area (Å²) in [5.74, 6) is -2.29. The molecule has 0 bridgehead atoms. The lowest BCUT2D eigenvalue weighted by Gasteiger charge is -2.39. The van der Waals surface area contributed by atoms with Crippen LogP contribution in [0, 0.1) is 12.3 Å². The Labute approximate surface area is 279 Å². The first-order valence-electron chi connectivity index (χ1n) is 15.6. The third kappa shape index (κ3) is 7.51. The normalized spacial score (nSPS) is 18.2. The first kappa shape index (κ1) is 33.5. The Morgan fingerprint density at radius 2 is 1.78 bits per heavy atom. The zero-order valence-electron chi connectivity index (χ0n) is 26.4. The summed E-state index contributed by atoms with van der Waals surface area (Å²) in [7, 11) is 0. The van der Waals surface area contributed by atoms with Crippen LogP contribution in [0.15, 0.2) is 66.9 Å². The molecule has 256 valence electrons. The number of halogens is 3. The van der Waals surface area contributed by atoms with Crippen LogP contribution in [0.5, 0.6) is 5.88 Å². The van der Waals surface area contributed by atoms with Gasteiger partial charge in [-0.05, 0) is 72.6 Å². The van der Waals surface area contributed by atoms with E-state index in [9.17, 15) is 27.9 Å². The molecule has 4 aromatic rings. The summed E-state index contributed by atoms with van der Waals surface area (Å²) in [6.07, 6.45) is -1.55. The molecule has 1 unspecified atom stereocenters. The maximum absolute atomic E-state index is 15.0. The predicted molar refractivity (Wildman–Crippen MR) is 174 cm³/mol. The Balaban J connectivity index is 1.31. The molecule has 15 heteroatoms. The van der Waals surface area contributed by atoms with E-state index in [1.807, 2.05) is 4.90 Å². The van der Waals surface area contributed by atoms with Gasteiger partial charge in [0.25, 0.3) is 0 Å². The number of alkyl halides is 3. The predicted octanol–water partition coefficient (Wildman–Crippen LogP) is 5.03. The number of anilines is 2. The van der Waals surface area contributed by atoms with Crippen molar-refractivity contribution >= 4 is 29.8 Å². The highest BCUT2D eigenvalue weighted by atomic mass is 19.4. The standard InChI is InChI=1S/C34H34F3N7O5/c1-20-10-13-44(42-20)26-8-7-23(22-5-2-21(3-6-22)4-9-29(45)46)16-24(26)30(34(35,36)37)49-28-17-27(40-32(38)41-28)43-14-11-33(12-15-43)18-25(31(47)48)39-19-33/h2-10,13,16-17,25,30,39H,11-12,14-15,18-19H2,1H3,(H,45,46)(H,47,48)(H2,38,40,41)/b9-4+/t25-,30?/m0/s1. The third-order valence-corrected chi connectivity index (χ3v) is 8.99. The van der Waals surface area contributed by atoms with E-state index < -0.39 is 30.3 Å². The number of rotatable bonds is 9. The fourth-order valence-electron chi connectivity index (χ4n) is 6.42. The van der Waals surface area contributed by atoms with Gasteiger partial charge in [-0.3, -0.25) is 4.79 Å². The van der Waals surface area contributed by atoms with Crippen LogP contribution in [0.4, 0.5) is 24.9 Å². The van der Waals surface area contributed by atoms with Gasteiger partial charge in [0, 0.05) is 43.5 Å². The van der Waals surface area contributed by atoms with Crippen molar-refractivity contribution in [3.8, 4) is 22.7 Å². The highest BCUT2D eigenvalue weighted by Crippen LogP contribution is 2.43. The molecular weight excluding hydrogens is 643 g/mol. The van der Waals surface area contributed by atoms with E-state index in [1.165, 1.54) is 29.0 Å². The second kappa shape index (κ2) is 13.2. The number of piperidine rings is 1. The number of ether oxygens (including phenoxy) is 1. The lowest BCUT2D eigenvalue weighted by molar-refractivity contribution is -0.198. The third-order valence-electron chi connectivity index (χ3n) is 8.99. The van der Waals surface area contributed by atoms with E-state index in [1.54, 1.807) is 49.5 Å². The molecule has 2 aliphatic rings. The molecule has 12 nitrogen and oxygen atoms in total. The summed E-state index contributed by atoms with van der Waals surface area (Å²) >= 11 is 0. The lowest BCUT2D eigenvalue weighted by atomic mass is 9.76. The van der Waals surface area contributed by atoms with Crippen molar-refractivity contribution in [1.82, 2.24) is 25.1 Å². The van der Waals surface area contributed by atoms with Gasteiger partial charge >= 0.3 is 18.1 Å². The zero-order valence-corrected chi connectivity index (χ0v) is 26.4. The van der Waals surface area contributed by atoms with Gasteiger partial charge in [0.15, 0.2) is 0 Å². The van der Waals surface area contributed by atoms with Crippen molar-refractivity contribution in [1.29, 1.82) is 0 Å². The van der Waals surface area contributed by atoms with Crippen molar-refractivity contribution in [3.63, 3.8) is 0 Å². The van der Waals surface area contributed by atoms with Crippen LogP contribution in [0.1, 0.15) is 42.2 Å². The molecule has 1 spiro atoms. The summed E-state index contributed by atoms with van der Waals surface area (Å²) in [5.41, 5.74) is 8.02. The minimum Gasteiger partial charge on any atom is -0.480 e. The summed E-state index contributed by atoms with van der Waals surface area (Å²) < 4.78 is 52.0. The van der Waals surface area contributed by atoms with Gasteiger partial charge < -0.3 is 30.9 Å². The molecule has 6 rings (SSSR count). The Morgan fingerprint density at radius 1 is 1.06 bits per heavy atom. The molecule has 2 aliphatic heterocycles. The van der Waals surface area contributed by atoms with Crippen molar-refractivity contribution in [2.45, 2.75) is 44.5 Å². The number of nitrogens with one attached hydrogen (secondary N) is 1. The van der Waals surface area contributed by atoms with Gasteiger partial charge in [-0.25, -0.2) is 9.48 Å². The molecule has 0 aliphatic carbocycles. The summed E-state index contributed by atoms with van der Waals surface area (Å²) in [6.45, 7) is 3.31. The molecule has 2 aromatic carbocycles. The quantitative estimate of drug-likeness (QED) is 0.175. The van der Waals surface area contributed by atoms with Crippen LogP contribution in [0.25, 0.3) is 22.9 Å². The number of carboxylic acid groups (broad SMARTS) is 2. The van der Waals surface area contributed by atoms with Crippen molar-refractivity contribution in [2.75, 3.05) is 30.3 Å². The monoisotopic (exact) mass is 677 g/mol. The average Bonchev–Trinajstić information content (AvgIpc) is 3.68. The molecule has 49 heavy (non-hydrogen) atoms. The highest BCUT2D eigenvalue weighted by Gasteiger charge is 2.46. The molecule has 5 N–H and O–H groups in total. The molecule has 2 aromatic heterocycles. The van der Waals surface area contributed by atoms with Crippen LogP contribution in [-0.2, 0) is 9.59 Å². The number of nitrogens with zero attached hydrogens (tertiary/aromatic N) is 5. The molecule has 2 atom stereocenters. The Hall–Kier alpha value is -5.44. The second-order valence-corrected chi connectivity index (χ2v) is 12.4. The summed E-state index contributed by atoms with van der Waals surface area (Å²) in [6, 6.07) is 13.7. The molecule has 2 fully saturated rings. The molecule has 0 radical (unpaired) electrons. The van der Waals surface area contributed by atoms with Crippen molar-refractivity contribution < 1.29 is 37.7 Å². The van der Waals surface area contributed by atoms with Crippen molar-refractivity contribution in [3.05, 3.63) is 83.7 Å². The van der Waals surface area contributed by atoms with Crippen LogP contribution in [0.3, 0.4) is 0 Å². The Morgan fingerprint density at radius 3 is 2.39 bits per heavy atom. The van der Waals surface area contributed by atoms with Crippen LogP contribution in [0.2, 0.25) is 0 Å². The highest BCUT2D eigenvalue weighted by molar-refractivity contribution is 5.85. The number of aliphatic carboxylic acids is 2. The number of carboxylic acids is 2. The van der Waals surface area contributed by atoms with E-state index in [2.05, 4.69) is 20.4 Å². The van der Waals surface area contributed by atoms with Crippen LogP contribution in [-0.4, -0.2) is 73.8 Å². The number of hydrogen-bond acceptors (Lipinski definition) is 9. The van der Waals surface area contributed by atoms with E-state index in [0.717, 1.165) is 6.08 Å². The second-order valence-electron chi connectivity index (χ2n) is 12.4. The average molecular weight is 678 g/mol. The van der Waals surface area contributed by atoms with Gasteiger partial charge in [-0.1, -0.05) is 30.3 Å². The minimum atomic E-state index is -4.89. The fraction of sp³-hybridized carbons (Fsp3) is 0.324. The fourth-order valence-corrected chi connectivity index (χ4v) is 6.42. The van der Waals surface area contributed by atoms with E-state index in [-0.39, 0.29) is 28.5 Å². The van der Waals surface area contributed by atoms with E-state index >= 15 is 0 Å². The van der Waals surface area contributed by atoms with Gasteiger partial charge in [0.05, 0.1) is 11.4 Å². The minimum absolute atomic E-state index is 0.147. The molecule has 0 saturated carbocycles. The van der Waals surface area contributed by atoms with Gasteiger partial charge in [0.2, 0.25) is 17.9 Å². The zero-order chi connectivity index (χ0) is 34.9. The Kier molecular flexibility index (Phi) is 9.03. The van der Waals surface area contributed by atoms with E-state index in [4.69, 9.17) is 15.6 Å². The number of benzene rings is 2. The van der Waals surface area contributed by atoms with Gasteiger partial charge in [0.1, 0.15) is 11.9 Å². The SMILES string of the molecule is Cc1ccn(-c2ccc(-c3ccc(/C=C/C(=O)O)cc3)cc2C(Oc2cc(N3CCC4(CC3)CN[C@H](C(=O)O)C4)nc(N)n2)C(F)(F)F)n1. The smallest absolute Gasteiger partial charge is 0.429 e. The van der Waals surface area contributed by atoms with E-state index in [0.29, 0.717) is 67.1 Å². The van der Waals surface area contributed by atoms with Gasteiger partial charge in [-0.15, -0.1) is 0 Å². The maximum atomic E-state index is 15.0. The lowest BCUT2D eigenvalue weighted by Crippen LogP contribution is -2.41. The summed E-state index contributed by atoms with van der Waals surface area (Å²) in [5, 5.41) is 25.7. The number of carbonyl (C=O) groups is 2. The molecule has 0 amide bonds. The van der Waals surface area contributed by atoms with Crippen LogP contribution >= 0.6 is 0 Å². The molecular formula is C34H34F3N7O5. The summed E-state index contributed by atoms with van der Waals surface area (Å²) in [4.78, 5) is 32.5.